The second-order valence-electron chi connectivity index (χ2n) is 17.3. The zero-order valence-corrected chi connectivity index (χ0v) is 35.0. The molecule has 0 nitrogen and oxygen atoms in total. The van der Waals surface area contributed by atoms with Gasteiger partial charge in [-0.1, -0.05) is 0 Å². The average molecular weight is 801 g/mol. The van der Waals surface area contributed by atoms with Crippen LogP contribution in [0.4, 0.5) is 8.78 Å². The predicted octanol–water partition coefficient (Wildman–Crippen LogP) is 11.6. The molecule has 0 fully saturated rings. The number of fused-ring (bicyclic) bond motifs is 5. The molecule has 4 aliphatic rings. The van der Waals surface area contributed by atoms with Crippen LogP contribution in [-0.2, 0) is 35.5 Å². The molecule has 8 rings (SSSR count). The Morgan fingerprint density at radius 1 is 0.745 bits per heavy atom. The third-order valence-corrected chi connectivity index (χ3v) is 29.7. The zero-order valence-electron chi connectivity index (χ0n) is 30.9. The fourth-order valence-electron chi connectivity index (χ4n) is 9.86. The van der Waals surface area contributed by atoms with Gasteiger partial charge in [0.25, 0.3) is 0 Å². The molecule has 0 saturated carbocycles. The van der Waals surface area contributed by atoms with Crippen LogP contribution >= 0.6 is 24.8 Å². The quantitative estimate of drug-likeness (QED) is 0.170. The first kappa shape index (κ1) is 37.8. The molecule has 0 N–H and O–H groups in total. The van der Waals surface area contributed by atoms with E-state index in [0.717, 1.165) is 13.0 Å². The molecule has 0 radical (unpaired) electrons. The first-order valence-electron chi connectivity index (χ1n) is 17.7. The molecule has 0 bridgehead atoms. The van der Waals surface area contributed by atoms with Crippen LogP contribution in [0.5, 0.6) is 0 Å². The number of hydrogen-bond acceptors (Lipinski definition) is 0. The van der Waals surface area contributed by atoms with E-state index in [-0.39, 0.29) is 53.2 Å². The van der Waals surface area contributed by atoms with Gasteiger partial charge >= 0.3 is 293 Å². The third kappa shape index (κ3) is 5.23. The summed E-state index contributed by atoms with van der Waals surface area (Å²) in [5.74, 6) is -0.523. The normalized spacial score (nSPS) is 19.2. The fraction of sp³-hybridized carbons (Fsp3) is 0.283. The molecule has 1 atom stereocenters. The summed E-state index contributed by atoms with van der Waals surface area (Å²) < 4.78 is 40.9. The van der Waals surface area contributed by atoms with E-state index < -0.39 is 23.7 Å². The van der Waals surface area contributed by atoms with Crippen molar-refractivity contribution < 1.29 is 27.1 Å². The Balaban J connectivity index is 0.00000224. The molecular formula is C46H48Cl2F2Zr. The molecule has 4 aliphatic carbocycles. The fourth-order valence-corrected chi connectivity index (χ4v) is 27.9. The van der Waals surface area contributed by atoms with E-state index >= 15 is 8.78 Å². The molecule has 4 aromatic rings. The molecule has 0 heterocycles. The number of benzene rings is 4. The van der Waals surface area contributed by atoms with E-state index in [0.29, 0.717) is 0 Å². The Kier molecular flexibility index (Phi) is 8.91. The summed E-state index contributed by atoms with van der Waals surface area (Å²) in [5.41, 5.74) is 11.3. The minimum absolute atomic E-state index is 0. The van der Waals surface area contributed by atoms with E-state index in [1.54, 1.807) is 12.1 Å². The van der Waals surface area contributed by atoms with Crippen molar-refractivity contribution in [2.45, 2.75) is 72.6 Å². The molecule has 1 unspecified atom stereocenters. The summed E-state index contributed by atoms with van der Waals surface area (Å²) in [7, 11) is 0. The number of rotatable bonds is 4. The molecule has 0 spiro atoms. The van der Waals surface area contributed by atoms with Gasteiger partial charge in [-0.2, -0.15) is 0 Å². The Morgan fingerprint density at radius 2 is 1.29 bits per heavy atom. The molecule has 0 aliphatic heterocycles. The van der Waals surface area contributed by atoms with Gasteiger partial charge in [-0.3, -0.25) is 0 Å². The van der Waals surface area contributed by atoms with Crippen molar-refractivity contribution in [2.24, 2.45) is 11.3 Å². The molecular weight excluding hydrogens is 753 g/mol. The van der Waals surface area contributed by atoms with Gasteiger partial charge in [0.05, 0.1) is 0 Å². The molecule has 51 heavy (non-hydrogen) atoms. The number of allylic oxidation sites excluding steroid dienone is 6. The molecule has 0 amide bonds. The Hall–Kier alpha value is -2.97. The van der Waals surface area contributed by atoms with Crippen LogP contribution in [0.3, 0.4) is 0 Å². The predicted molar refractivity (Wildman–Crippen MR) is 216 cm³/mol. The van der Waals surface area contributed by atoms with Gasteiger partial charge in [0.2, 0.25) is 0 Å². The summed E-state index contributed by atoms with van der Waals surface area (Å²) in [6.07, 6.45) is 12.6. The van der Waals surface area contributed by atoms with Crippen molar-refractivity contribution in [1.29, 1.82) is 0 Å². The standard InChI is InChI=1S/C23H21.C10H15.2C6H4F.CH2.2ClH.Zr/c1-22(2)7-5-14-10-18-16(12-20(14)22)9-17-13-21-15(11-19(17)18)6-8-23(21,3)4;1-8-5-6-9(7-8)10(2,3)4;2*7-6-4-2-1-3-5-6;;;;/h5-7,10-13H,9H2,1-4H3;6-8H,1-4H3;2*1-2,4-5H;1H2;2*1H;. The van der Waals surface area contributed by atoms with Crippen LogP contribution in [0.2, 0.25) is 0 Å². The molecule has 0 saturated heterocycles. The van der Waals surface area contributed by atoms with Gasteiger partial charge in [0, 0.05) is 0 Å². The second-order valence-corrected chi connectivity index (χ2v) is 30.1. The van der Waals surface area contributed by atoms with Crippen LogP contribution in [0.15, 0.2) is 103 Å². The van der Waals surface area contributed by atoms with Crippen molar-refractivity contribution in [3.05, 3.63) is 148 Å². The summed E-state index contributed by atoms with van der Waals surface area (Å²) in [6.45, 7) is 18.2. The third-order valence-electron chi connectivity index (χ3n) is 12.5. The van der Waals surface area contributed by atoms with Gasteiger partial charge in [0.1, 0.15) is 0 Å². The summed E-state index contributed by atoms with van der Waals surface area (Å²) in [4.78, 5) is 0. The van der Waals surface area contributed by atoms with Crippen LogP contribution in [0, 0.1) is 23.0 Å². The van der Waals surface area contributed by atoms with Crippen molar-refractivity contribution in [3.63, 3.8) is 0 Å². The number of halogens is 4. The summed E-state index contributed by atoms with van der Waals surface area (Å²) in [6, 6.07) is 23.8. The number of hydrogen-bond donors (Lipinski definition) is 0. The van der Waals surface area contributed by atoms with Crippen molar-refractivity contribution in [3.8, 4) is 11.1 Å². The van der Waals surface area contributed by atoms with Crippen molar-refractivity contribution in [2.75, 3.05) is 0 Å². The van der Waals surface area contributed by atoms with Gasteiger partial charge < -0.3 is 0 Å². The Labute approximate surface area is 315 Å². The van der Waals surface area contributed by atoms with E-state index in [1.807, 2.05) is 12.1 Å². The maximum absolute atomic E-state index is 15.6. The first-order chi connectivity index (χ1) is 22.9. The Morgan fingerprint density at radius 3 is 1.82 bits per heavy atom. The molecule has 0 aromatic heterocycles. The molecule has 5 heteroatoms. The monoisotopic (exact) mass is 798 g/mol. The van der Waals surface area contributed by atoms with Gasteiger partial charge in [0.15, 0.2) is 0 Å². The van der Waals surface area contributed by atoms with E-state index in [1.165, 1.54) is 68.8 Å². The van der Waals surface area contributed by atoms with Gasteiger partial charge in [-0.25, -0.2) is 0 Å². The van der Waals surface area contributed by atoms with Crippen LogP contribution < -0.4 is 6.54 Å². The molecule has 264 valence electrons. The summed E-state index contributed by atoms with van der Waals surface area (Å²) >= 11 is -5.39. The second kappa shape index (κ2) is 12.0. The minimum atomic E-state index is -5.39. The van der Waals surface area contributed by atoms with Gasteiger partial charge in [-0.15, -0.1) is 24.8 Å². The first-order valence-corrected chi connectivity index (χ1v) is 24.3. The van der Waals surface area contributed by atoms with Crippen molar-refractivity contribution in [1.82, 2.24) is 0 Å². The maximum atomic E-state index is 15.6. The average Bonchev–Trinajstić information content (AvgIpc) is 3.76. The summed E-state index contributed by atoms with van der Waals surface area (Å²) in [5, 5.41) is 0. The SMILES string of the molecule is Cl.Cl.[CH2]=[Zr]([C]1=CC(C(C)(C)C)=CC1C)([C]1=Cc2cc3c(cc2C1(C)C)Cc1cc2c(cc1-3)C=CC2(C)C)([c]1cccc(F)c1)[c]1cccc(F)c1. The zero-order chi connectivity index (χ0) is 34.9. The van der Waals surface area contributed by atoms with E-state index in [9.17, 15) is 0 Å². The van der Waals surface area contributed by atoms with Crippen molar-refractivity contribution >= 4 is 47.7 Å². The van der Waals surface area contributed by atoms with Crippen LogP contribution in [-0.4, -0.2) is 4.21 Å². The molecule has 4 aromatic carbocycles. The van der Waals surface area contributed by atoms with E-state index in [2.05, 4.69) is 122 Å². The van der Waals surface area contributed by atoms with E-state index in [4.69, 9.17) is 4.21 Å². The topological polar surface area (TPSA) is 0 Å². The van der Waals surface area contributed by atoms with Crippen LogP contribution in [0.25, 0.3) is 23.3 Å². The van der Waals surface area contributed by atoms with Gasteiger partial charge in [-0.05, 0) is 0 Å². The Bertz CT molecular complexity index is 2290. The van der Waals surface area contributed by atoms with Crippen LogP contribution in [0.1, 0.15) is 88.8 Å².